The van der Waals surface area contributed by atoms with Crippen LogP contribution in [0, 0.1) is 0 Å². The van der Waals surface area contributed by atoms with E-state index in [0.29, 0.717) is 5.56 Å². The molecule has 0 unspecified atom stereocenters. The van der Waals surface area contributed by atoms with E-state index in [2.05, 4.69) is 0 Å². The maximum absolute atomic E-state index is 9.20. The van der Waals surface area contributed by atoms with Crippen molar-refractivity contribution in [3.05, 3.63) is 54.5 Å². The highest BCUT2D eigenvalue weighted by Crippen LogP contribution is 2.20. The van der Waals surface area contributed by atoms with Gasteiger partial charge in [0, 0.05) is 0 Å². The number of phenolic OH excluding ortho intramolecular Hbond substituents is 1. The molecule has 0 heterocycles. The molecule has 2 aromatic rings. The summed E-state index contributed by atoms with van der Waals surface area (Å²) < 4.78 is 38.2. The monoisotopic (exact) mass is 175 g/mol. The van der Waals surface area contributed by atoms with E-state index in [1.807, 2.05) is 0 Å². The predicted molar refractivity (Wildman–Crippen MR) is 53.5 cm³/mol. The van der Waals surface area contributed by atoms with Crippen molar-refractivity contribution in [2.24, 2.45) is 0 Å². The summed E-state index contributed by atoms with van der Waals surface area (Å²) in [6.07, 6.45) is 0. The van der Waals surface area contributed by atoms with E-state index in [-0.39, 0.29) is 35.5 Å². The predicted octanol–water partition coefficient (Wildman–Crippen LogP) is 3.06. The number of benzene rings is 2. The molecule has 0 aliphatic heterocycles. The molecule has 0 spiro atoms. The van der Waals surface area contributed by atoms with Crippen LogP contribution in [0.5, 0.6) is 5.75 Å². The third kappa shape index (κ3) is 1.70. The van der Waals surface area contributed by atoms with E-state index in [1.165, 1.54) is 24.3 Å². The summed E-state index contributed by atoms with van der Waals surface area (Å²) in [7, 11) is 0. The fourth-order valence-electron chi connectivity index (χ4n) is 1.02. The van der Waals surface area contributed by atoms with Crippen LogP contribution in [-0.2, 0) is 0 Å². The van der Waals surface area contributed by atoms with Crippen molar-refractivity contribution < 1.29 is 12.0 Å². The number of hydrogen-bond donors (Lipinski definition) is 1. The summed E-state index contributed by atoms with van der Waals surface area (Å²) in [6, 6.07) is 4.24. The molecule has 0 aromatic heterocycles. The number of phenols is 1. The second-order valence-corrected chi connectivity index (χ2v) is 2.55. The Morgan fingerprint density at radius 3 is 2.08 bits per heavy atom. The van der Waals surface area contributed by atoms with Gasteiger partial charge in [0.1, 0.15) is 5.75 Å². The highest BCUT2D eigenvalue weighted by atomic mass is 16.3. The Kier molecular flexibility index (Phi) is 1.01. The Morgan fingerprint density at radius 2 is 1.46 bits per heavy atom. The average Bonchev–Trinajstić information content (AvgIpc) is 2.36. The molecule has 0 fully saturated rings. The molecule has 0 amide bonds. The molecule has 1 nitrogen and oxygen atoms in total. The molecule has 64 valence electrons. The molecule has 0 bridgehead atoms. The molecule has 1 N–H and O–H groups in total. The lowest BCUT2D eigenvalue weighted by Gasteiger charge is -2.00. The van der Waals surface area contributed by atoms with Crippen LogP contribution in [0.15, 0.2) is 54.5 Å². The van der Waals surface area contributed by atoms with Crippen molar-refractivity contribution in [2.45, 2.75) is 0 Å². The van der Waals surface area contributed by atoms with E-state index >= 15 is 0 Å². The minimum Gasteiger partial charge on any atom is -0.508 e. The minimum absolute atomic E-state index is 0.0612. The Labute approximate surface area is 84.3 Å². The smallest absolute Gasteiger partial charge is 0.115 e. The summed E-state index contributed by atoms with van der Waals surface area (Å²) in [6.45, 7) is 0. The van der Waals surface area contributed by atoms with Gasteiger partial charge in [-0.3, -0.25) is 0 Å². The van der Waals surface area contributed by atoms with Gasteiger partial charge in [-0.1, -0.05) is 42.3 Å². The van der Waals surface area contributed by atoms with Gasteiger partial charge in [0.25, 0.3) is 0 Å². The summed E-state index contributed by atoms with van der Waals surface area (Å²) in [4.78, 5) is 0. The van der Waals surface area contributed by atoms with Crippen molar-refractivity contribution in [2.75, 3.05) is 0 Å². The summed E-state index contributed by atoms with van der Waals surface area (Å²) in [5, 5.41) is 9.20. The third-order valence-electron chi connectivity index (χ3n) is 1.66. The van der Waals surface area contributed by atoms with E-state index in [4.69, 9.17) is 6.85 Å². The maximum atomic E-state index is 9.20. The van der Waals surface area contributed by atoms with E-state index < -0.39 is 6.04 Å². The van der Waals surface area contributed by atoms with Crippen molar-refractivity contribution >= 4 is 0 Å². The van der Waals surface area contributed by atoms with Gasteiger partial charge in [0.2, 0.25) is 0 Å². The van der Waals surface area contributed by atoms with Crippen molar-refractivity contribution in [3.63, 3.8) is 0 Å². The molecule has 0 aliphatic carbocycles. The first-order chi connectivity index (χ1) is 8.43. The molecule has 0 atom stereocenters. The van der Waals surface area contributed by atoms with E-state index in [0.717, 1.165) is 0 Å². The molecule has 1 heteroatoms. The van der Waals surface area contributed by atoms with Crippen LogP contribution in [0.25, 0.3) is 11.1 Å². The van der Waals surface area contributed by atoms with Crippen LogP contribution < -0.4 is 0 Å². The molecule has 2 rings (SSSR count). The largest absolute Gasteiger partial charge is 0.508 e. The number of hydrogen-bond acceptors (Lipinski definition) is 1. The maximum Gasteiger partial charge on any atom is 0.115 e. The van der Waals surface area contributed by atoms with E-state index in [1.54, 1.807) is 0 Å². The lowest BCUT2D eigenvalue weighted by molar-refractivity contribution is 0.475. The molecular formula is C12H10O. The van der Waals surface area contributed by atoms with Crippen molar-refractivity contribution in [3.8, 4) is 16.9 Å². The van der Waals surface area contributed by atoms with Gasteiger partial charge >= 0.3 is 0 Å². The standard InChI is InChI=1S/C12H10O/c13-12-8-6-11(7-9-12)10-4-2-1-3-5-10/h1-9,13H/i1D,2D,3D,4D,5D. The highest BCUT2D eigenvalue weighted by Gasteiger charge is 1.94. The zero-order chi connectivity index (χ0) is 13.4. The second-order valence-electron chi connectivity index (χ2n) is 2.55. The van der Waals surface area contributed by atoms with Gasteiger partial charge in [0.15, 0.2) is 0 Å². The van der Waals surface area contributed by atoms with Crippen LogP contribution in [-0.4, -0.2) is 5.11 Å². The van der Waals surface area contributed by atoms with Crippen LogP contribution in [0.1, 0.15) is 6.85 Å². The molecule has 0 saturated carbocycles. The topological polar surface area (TPSA) is 20.2 Å². The van der Waals surface area contributed by atoms with Crippen LogP contribution in [0.3, 0.4) is 0 Å². The van der Waals surface area contributed by atoms with Crippen LogP contribution in [0.2, 0.25) is 0 Å². The Balaban J connectivity index is 2.75. The second kappa shape index (κ2) is 3.31. The summed E-state index contributed by atoms with van der Waals surface area (Å²) >= 11 is 0. The fraction of sp³-hybridized carbons (Fsp3) is 0. The zero-order valence-corrected chi connectivity index (χ0v) is 6.76. The molecule has 0 aliphatic rings. The lowest BCUT2D eigenvalue weighted by atomic mass is 10.1. The molecule has 0 saturated heterocycles. The highest BCUT2D eigenvalue weighted by molar-refractivity contribution is 5.63. The Morgan fingerprint density at radius 1 is 0.846 bits per heavy atom. The third-order valence-corrected chi connectivity index (χ3v) is 1.66. The zero-order valence-electron chi connectivity index (χ0n) is 11.8. The minimum atomic E-state index is -0.410. The van der Waals surface area contributed by atoms with Gasteiger partial charge in [-0.05, 0) is 23.3 Å². The Bertz CT molecular complexity index is 578. The number of rotatable bonds is 1. The Hall–Kier alpha value is -1.76. The summed E-state index contributed by atoms with van der Waals surface area (Å²) in [5.41, 5.74) is 0.616. The van der Waals surface area contributed by atoms with Gasteiger partial charge < -0.3 is 5.11 Å². The van der Waals surface area contributed by atoms with Crippen LogP contribution >= 0.6 is 0 Å². The molecule has 2 aromatic carbocycles. The van der Waals surface area contributed by atoms with Gasteiger partial charge in [-0.25, -0.2) is 0 Å². The fourth-order valence-corrected chi connectivity index (χ4v) is 1.02. The molecule has 0 radical (unpaired) electrons. The van der Waals surface area contributed by atoms with Crippen molar-refractivity contribution in [1.29, 1.82) is 0 Å². The van der Waals surface area contributed by atoms with E-state index in [9.17, 15) is 5.11 Å². The summed E-state index contributed by atoms with van der Waals surface area (Å²) in [5.74, 6) is 0.0612. The van der Waals surface area contributed by atoms with Gasteiger partial charge in [-0.15, -0.1) is 0 Å². The van der Waals surface area contributed by atoms with Gasteiger partial charge in [0.05, 0.1) is 6.85 Å². The van der Waals surface area contributed by atoms with Crippen LogP contribution in [0.4, 0.5) is 0 Å². The SMILES string of the molecule is [2H]c1c([2H])c([2H])c(-c2ccc(O)cc2)c([2H])c1[2H]. The normalized spacial score (nSPS) is 15.2. The first-order valence-corrected chi connectivity index (χ1v) is 3.79. The quantitative estimate of drug-likeness (QED) is 0.706. The van der Waals surface area contributed by atoms with Gasteiger partial charge in [-0.2, -0.15) is 0 Å². The lowest BCUT2D eigenvalue weighted by Crippen LogP contribution is -1.74. The molecule has 13 heavy (non-hydrogen) atoms. The average molecular weight is 175 g/mol. The number of aromatic hydroxyl groups is 1. The van der Waals surface area contributed by atoms with Crippen molar-refractivity contribution in [1.82, 2.24) is 0 Å². The first kappa shape index (κ1) is 3.97. The first-order valence-electron chi connectivity index (χ1n) is 6.29. The molecular weight excluding hydrogens is 160 g/mol.